The number of nitrogens with zero attached hydrogens (tertiary/aromatic N) is 2. The standard InChI is InChI=1S/C16H24N2O2/c1-5-18-11-7-10-15(18)17(3)12(2)16-13(19)8-6-9-14(16)20-4/h6,8-9,15,19H,2,5,7,10-11H2,1,3-4H3. The Morgan fingerprint density at radius 1 is 1.55 bits per heavy atom. The second-order valence-electron chi connectivity index (χ2n) is 5.16. The Morgan fingerprint density at radius 3 is 2.95 bits per heavy atom. The van der Waals surface area contributed by atoms with E-state index in [4.69, 9.17) is 4.74 Å². The molecule has 0 saturated carbocycles. The number of likely N-dealkylation sites (tertiary alicyclic amines) is 1. The van der Waals surface area contributed by atoms with Crippen LogP contribution in [-0.2, 0) is 0 Å². The topological polar surface area (TPSA) is 35.9 Å². The molecule has 2 rings (SSSR count). The Balaban J connectivity index is 2.27. The molecule has 0 bridgehead atoms. The summed E-state index contributed by atoms with van der Waals surface area (Å²) in [6.45, 7) is 8.49. The first-order valence-corrected chi connectivity index (χ1v) is 7.12. The SMILES string of the molecule is C=C(c1c(O)cccc1OC)N(C)C1CCCN1CC. The van der Waals surface area contributed by atoms with Crippen molar-refractivity contribution in [3.05, 3.63) is 30.3 Å². The Morgan fingerprint density at radius 2 is 2.30 bits per heavy atom. The summed E-state index contributed by atoms with van der Waals surface area (Å²) in [6.07, 6.45) is 2.67. The minimum absolute atomic E-state index is 0.210. The van der Waals surface area contributed by atoms with Crippen LogP contribution in [0.5, 0.6) is 11.5 Å². The van der Waals surface area contributed by atoms with Crippen LogP contribution in [-0.4, -0.2) is 48.3 Å². The molecule has 0 aliphatic carbocycles. The van der Waals surface area contributed by atoms with Gasteiger partial charge in [-0.1, -0.05) is 19.6 Å². The van der Waals surface area contributed by atoms with Gasteiger partial charge in [0, 0.05) is 19.3 Å². The lowest BCUT2D eigenvalue weighted by Crippen LogP contribution is -2.41. The number of hydrogen-bond acceptors (Lipinski definition) is 4. The molecule has 1 N–H and O–H groups in total. The Bertz CT molecular complexity index is 487. The van der Waals surface area contributed by atoms with E-state index in [2.05, 4.69) is 23.3 Å². The van der Waals surface area contributed by atoms with E-state index in [1.807, 2.05) is 13.1 Å². The van der Waals surface area contributed by atoms with Crippen molar-refractivity contribution in [3.63, 3.8) is 0 Å². The molecule has 20 heavy (non-hydrogen) atoms. The van der Waals surface area contributed by atoms with Crippen LogP contribution < -0.4 is 4.74 Å². The minimum Gasteiger partial charge on any atom is -0.507 e. The highest BCUT2D eigenvalue weighted by Gasteiger charge is 2.29. The van der Waals surface area contributed by atoms with Crippen molar-refractivity contribution in [3.8, 4) is 11.5 Å². The van der Waals surface area contributed by atoms with Gasteiger partial charge in [-0.15, -0.1) is 0 Å². The van der Waals surface area contributed by atoms with Gasteiger partial charge in [0.05, 0.1) is 18.8 Å². The van der Waals surface area contributed by atoms with Gasteiger partial charge >= 0.3 is 0 Å². The maximum absolute atomic E-state index is 10.1. The molecule has 4 heteroatoms. The molecular formula is C16H24N2O2. The molecule has 1 aliphatic rings. The fourth-order valence-electron chi connectivity index (χ4n) is 2.95. The van der Waals surface area contributed by atoms with Crippen LogP contribution in [0.25, 0.3) is 5.70 Å². The van der Waals surface area contributed by atoms with Gasteiger partial charge in [-0.3, -0.25) is 4.90 Å². The third kappa shape index (κ3) is 2.61. The first-order valence-electron chi connectivity index (χ1n) is 7.12. The van der Waals surface area contributed by atoms with Crippen molar-refractivity contribution < 1.29 is 9.84 Å². The molecule has 0 aromatic heterocycles. The predicted molar refractivity (Wildman–Crippen MR) is 81.7 cm³/mol. The Hall–Kier alpha value is -1.68. The fraction of sp³-hybridized carbons (Fsp3) is 0.500. The Kier molecular flexibility index (Phi) is 4.55. The van der Waals surface area contributed by atoms with Gasteiger partial charge in [0.1, 0.15) is 11.5 Å². The number of phenols is 1. The van der Waals surface area contributed by atoms with Crippen molar-refractivity contribution in [2.45, 2.75) is 25.9 Å². The number of ether oxygens (including phenoxy) is 1. The summed E-state index contributed by atoms with van der Waals surface area (Å²) in [7, 11) is 3.65. The van der Waals surface area contributed by atoms with E-state index in [-0.39, 0.29) is 5.75 Å². The summed E-state index contributed by atoms with van der Waals surface area (Å²) < 4.78 is 5.35. The van der Waals surface area contributed by atoms with Gasteiger partial charge in [0.2, 0.25) is 0 Å². The van der Waals surface area contributed by atoms with E-state index < -0.39 is 0 Å². The summed E-state index contributed by atoms with van der Waals surface area (Å²) >= 11 is 0. The number of hydrogen-bond donors (Lipinski definition) is 1. The van der Waals surface area contributed by atoms with Gasteiger partial charge < -0.3 is 14.7 Å². The van der Waals surface area contributed by atoms with Gasteiger partial charge in [0.15, 0.2) is 0 Å². The largest absolute Gasteiger partial charge is 0.507 e. The monoisotopic (exact) mass is 276 g/mol. The van der Waals surface area contributed by atoms with Crippen molar-refractivity contribution in [1.82, 2.24) is 9.80 Å². The lowest BCUT2D eigenvalue weighted by atomic mass is 10.1. The van der Waals surface area contributed by atoms with Crippen LogP contribution in [0.1, 0.15) is 25.3 Å². The van der Waals surface area contributed by atoms with Crippen molar-refractivity contribution in [2.75, 3.05) is 27.2 Å². The molecule has 1 heterocycles. The molecule has 1 saturated heterocycles. The predicted octanol–water partition coefficient (Wildman–Crippen LogP) is 2.75. The molecule has 0 amide bonds. The van der Waals surface area contributed by atoms with E-state index in [0.717, 1.165) is 25.2 Å². The lowest BCUT2D eigenvalue weighted by molar-refractivity contribution is 0.152. The highest BCUT2D eigenvalue weighted by Crippen LogP contribution is 2.36. The smallest absolute Gasteiger partial charge is 0.131 e. The number of aromatic hydroxyl groups is 1. The summed E-state index contributed by atoms with van der Waals surface area (Å²) in [6, 6.07) is 5.29. The van der Waals surface area contributed by atoms with Gasteiger partial charge in [-0.05, 0) is 31.5 Å². The van der Waals surface area contributed by atoms with Crippen LogP contribution in [0, 0.1) is 0 Å². The van der Waals surface area contributed by atoms with E-state index in [0.29, 0.717) is 17.5 Å². The molecule has 1 unspecified atom stereocenters. The summed E-state index contributed by atoms with van der Waals surface area (Å²) in [5.74, 6) is 0.866. The third-order valence-corrected chi connectivity index (χ3v) is 4.12. The quantitative estimate of drug-likeness (QED) is 0.897. The molecule has 1 fully saturated rings. The van der Waals surface area contributed by atoms with E-state index in [1.165, 1.54) is 6.42 Å². The van der Waals surface area contributed by atoms with Crippen LogP contribution in [0.3, 0.4) is 0 Å². The van der Waals surface area contributed by atoms with E-state index >= 15 is 0 Å². The average Bonchev–Trinajstić information content (AvgIpc) is 2.93. The van der Waals surface area contributed by atoms with Crippen LogP contribution >= 0.6 is 0 Å². The normalized spacial score (nSPS) is 19.1. The van der Waals surface area contributed by atoms with Gasteiger partial charge in [-0.2, -0.15) is 0 Å². The number of phenolic OH excluding ortho intramolecular Hbond substituents is 1. The zero-order valence-corrected chi connectivity index (χ0v) is 12.6. The number of rotatable bonds is 5. The maximum Gasteiger partial charge on any atom is 0.131 e. The average molecular weight is 276 g/mol. The molecule has 110 valence electrons. The summed E-state index contributed by atoms with van der Waals surface area (Å²) in [5.41, 5.74) is 1.48. The number of benzene rings is 1. The number of methoxy groups -OCH3 is 1. The molecule has 1 aromatic carbocycles. The molecular weight excluding hydrogens is 252 g/mol. The molecule has 0 spiro atoms. The zero-order valence-electron chi connectivity index (χ0n) is 12.6. The first-order chi connectivity index (χ1) is 9.60. The Labute approximate surface area is 121 Å². The molecule has 1 atom stereocenters. The van der Waals surface area contributed by atoms with Crippen molar-refractivity contribution in [1.29, 1.82) is 0 Å². The first kappa shape index (κ1) is 14.7. The molecule has 1 aliphatic heterocycles. The van der Waals surface area contributed by atoms with E-state index in [9.17, 15) is 5.11 Å². The molecule has 4 nitrogen and oxygen atoms in total. The second-order valence-corrected chi connectivity index (χ2v) is 5.16. The molecule has 0 radical (unpaired) electrons. The van der Waals surface area contributed by atoms with Crippen molar-refractivity contribution in [2.24, 2.45) is 0 Å². The minimum atomic E-state index is 0.210. The summed E-state index contributed by atoms with van der Waals surface area (Å²) in [4.78, 5) is 4.58. The highest BCUT2D eigenvalue weighted by atomic mass is 16.5. The highest BCUT2D eigenvalue weighted by molar-refractivity contribution is 5.72. The van der Waals surface area contributed by atoms with Gasteiger partial charge in [0.25, 0.3) is 0 Å². The lowest BCUT2D eigenvalue weighted by Gasteiger charge is -2.35. The van der Waals surface area contributed by atoms with Crippen LogP contribution in [0.2, 0.25) is 0 Å². The van der Waals surface area contributed by atoms with Gasteiger partial charge in [-0.25, -0.2) is 0 Å². The molecule has 1 aromatic rings. The maximum atomic E-state index is 10.1. The van der Waals surface area contributed by atoms with Crippen LogP contribution in [0.4, 0.5) is 0 Å². The third-order valence-electron chi connectivity index (χ3n) is 4.12. The fourth-order valence-corrected chi connectivity index (χ4v) is 2.95. The van der Waals surface area contributed by atoms with Crippen molar-refractivity contribution >= 4 is 5.70 Å². The summed E-state index contributed by atoms with van der Waals surface area (Å²) in [5, 5.41) is 10.1. The van der Waals surface area contributed by atoms with E-state index in [1.54, 1.807) is 19.2 Å². The second kappa shape index (κ2) is 6.18. The zero-order chi connectivity index (χ0) is 14.7. The van der Waals surface area contributed by atoms with Crippen LogP contribution in [0.15, 0.2) is 24.8 Å².